The summed E-state index contributed by atoms with van der Waals surface area (Å²) < 4.78 is 13.7. The lowest BCUT2D eigenvalue weighted by Gasteiger charge is -2.23. The monoisotopic (exact) mass is 455 g/mol. The van der Waals surface area contributed by atoms with Crippen LogP contribution in [-0.2, 0) is 27.9 Å². The van der Waals surface area contributed by atoms with Crippen molar-refractivity contribution in [3.05, 3.63) is 60.2 Å². The average Bonchev–Trinajstić information content (AvgIpc) is 3.49. The van der Waals surface area contributed by atoms with Crippen molar-refractivity contribution in [2.45, 2.75) is 36.9 Å². The number of hydrogen-bond donors (Lipinski definition) is 1. The van der Waals surface area contributed by atoms with Gasteiger partial charge in [-0.1, -0.05) is 17.3 Å². The predicted octanol–water partition coefficient (Wildman–Crippen LogP) is 1.71. The lowest BCUT2D eigenvalue weighted by atomic mass is 9.95. The van der Waals surface area contributed by atoms with Crippen LogP contribution < -0.4 is 10.2 Å². The number of nitriles is 1. The number of benzene rings is 1. The van der Waals surface area contributed by atoms with Gasteiger partial charge in [-0.2, -0.15) is 5.26 Å². The van der Waals surface area contributed by atoms with Crippen LogP contribution in [0.5, 0.6) is 0 Å². The molecule has 3 aromatic rings. The van der Waals surface area contributed by atoms with Crippen LogP contribution in [0.3, 0.4) is 0 Å². The number of ether oxygens (including phenoxy) is 2. The maximum Gasteiger partial charge on any atom is 0.241 e. The van der Waals surface area contributed by atoms with Crippen molar-refractivity contribution < 1.29 is 9.47 Å². The van der Waals surface area contributed by atoms with Crippen LogP contribution in [0, 0.1) is 23.2 Å². The average molecular weight is 456 g/mol. The number of nitrogens with one attached hydrogen (secondary N) is 1. The van der Waals surface area contributed by atoms with Crippen molar-refractivity contribution in [2.75, 3.05) is 25.1 Å². The number of fused-ring (bicyclic) bond motifs is 4. The van der Waals surface area contributed by atoms with Crippen LogP contribution >= 0.6 is 0 Å². The molecule has 7 rings (SSSR count). The molecular weight excluding hydrogens is 430 g/mol. The molecule has 0 amide bonds. The highest BCUT2D eigenvalue weighted by Crippen LogP contribution is 2.60. The number of anilines is 1. The third-order valence-corrected chi connectivity index (χ3v) is 8.11. The highest BCUT2D eigenvalue weighted by molar-refractivity contribution is 5.71. The summed E-state index contributed by atoms with van der Waals surface area (Å²) in [6, 6.07) is 13.4. The number of hydrogen-bond acceptors (Lipinski definition) is 8. The van der Waals surface area contributed by atoms with E-state index in [-0.39, 0.29) is 12.1 Å². The molecule has 5 atom stereocenters. The second-order valence-electron chi connectivity index (χ2n) is 9.65. The molecule has 172 valence electrons. The molecule has 9 heteroatoms. The Labute approximate surface area is 197 Å². The molecule has 1 N–H and O–H groups in total. The molecule has 4 aliphatic rings. The van der Waals surface area contributed by atoms with Gasteiger partial charge in [-0.3, -0.25) is 4.98 Å². The zero-order chi connectivity index (χ0) is 22.9. The Bertz CT molecular complexity index is 1260. The minimum atomic E-state index is -0.416. The molecule has 1 saturated carbocycles. The summed E-state index contributed by atoms with van der Waals surface area (Å²) in [7, 11) is 1.68. The van der Waals surface area contributed by atoms with Gasteiger partial charge in [0.2, 0.25) is 6.41 Å². The Balaban J connectivity index is 1.15. The van der Waals surface area contributed by atoms with E-state index < -0.39 is 11.8 Å². The topological polar surface area (TPSA) is 101 Å². The molecule has 4 unspecified atom stereocenters. The van der Waals surface area contributed by atoms with Gasteiger partial charge in [0.15, 0.2) is 0 Å². The van der Waals surface area contributed by atoms with Crippen molar-refractivity contribution in [2.24, 2.45) is 11.8 Å². The molecule has 2 saturated heterocycles. The Hall–Kier alpha value is -3.32. The van der Waals surface area contributed by atoms with Gasteiger partial charge in [0.1, 0.15) is 11.5 Å². The van der Waals surface area contributed by atoms with Gasteiger partial charge < -0.3 is 19.7 Å². The van der Waals surface area contributed by atoms with Gasteiger partial charge in [0, 0.05) is 55.7 Å². The van der Waals surface area contributed by atoms with E-state index in [9.17, 15) is 5.26 Å². The Morgan fingerprint density at radius 1 is 1.24 bits per heavy atom. The molecule has 1 aromatic carbocycles. The molecule has 5 heterocycles. The smallest absolute Gasteiger partial charge is 0.241 e. The van der Waals surface area contributed by atoms with Gasteiger partial charge in [-0.05, 0) is 35.7 Å². The van der Waals surface area contributed by atoms with Gasteiger partial charge in [0.25, 0.3) is 0 Å². The minimum Gasteiger partial charge on any atom is -0.339 e. The number of pyridine rings is 1. The van der Waals surface area contributed by atoms with E-state index in [0.717, 1.165) is 42.0 Å². The molecule has 0 radical (unpaired) electrons. The van der Waals surface area contributed by atoms with Gasteiger partial charge in [0.05, 0.1) is 30.5 Å². The molecule has 9 nitrogen and oxygen atoms in total. The quantitative estimate of drug-likeness (QED) is 0.621. The van der Waals surface area contributed by atoms with Gasteiger partial charge in [-0.15, -0.1) is 5.10 Å². The standard InChI is InChI=1S/C25H25N7O2/c1-33-24-32-20-4-2-15(8-17(20)9-21(32)22(34-24)13-31-7-6-29-30-31)16-3-5-23(28-10-16)25(14-26)18-11-27-12-19(18)25/h2-8,10,18-19,21-22,24,27H,9,11-13H2,1H3/t18?,19?,21-,22?,24?,25?/m0/s1. The number of nitrogens with zero attached hydrogens (tertiary/aromatic N) is 6. The zero-order valence-corrected chi connectivity index (χ0v) is 18.8. The summed E-state index contributed by atoms with van der Waals surface area (Å²) in [5, 5.41) is 21.3. The minimum absolute atomic E-state index is 0.0434. The molecule has 1 aliphatic carbocycles. The first-order valence-electron chi connectivity index (χ1n) is 11.8. The Kier molecular flexibility index (Phi) is 4.34. The first kappa shape index (κ1) is 20.1. The van der Waals surface area contributed by atoms with Crippen molar-refractivity contribution in [1.29, 1.82) is 5.26 Å². The SMILES string of the molecule is COC1OC(Cn2ccnn2)[C@@H]2Cc3cc(-c4ccc(C5(C#N)C6CNCC65)nc4)ccc3N12. The Morgan fingerprint density at radius 3 is 2.79 bits per heavy atom. The first-order chi connectivity index (χ1) is 16.7. The van der Waals surface area contributed by atoms with E-state index in [1.54, 1.807) is 18.0 Å². The number of methoxy groups -OCH3 is 1. The lowest BCUT2D eigenvalue weighted by Crippen LogP contribution is -2.37. The van der Waals surface area contributed by atoms with Crippen molar-refractivity contribution in [1.82, 2.24) is 25.3 Å². The highest BCUT2D eigenvalue weighted by Gasteiger charge is 2.69. The lowest BCUT2D eigenvalue weighted by molar-refractivity contribution is -0.117. The summed E-state index contributed by atoms with van der Waals surface area (Å²) in [6.45, 7) is 2.45. The van der Waals surface area contributed by atoms with E-state index in [0.29, 0.717) is 18.4 Å². The van der Waals surface area contributed by atoms with Gasteiger partial charge >= 0.3 is 0 Å². The largest absolute Gasteiger partial charge is 0.339 e. The molecule has 3 fully saturated rings. The first-order valence-corrected chi connectivity index (χ1v) is 11.8. The number of rotatable bonds is 5. The van der Waals surface area contributed by atoms with Crippen LogP contribution in [0.2, 0.25) is 0 Å². The van der Waals surface area contributed by atoms with E-state index in [1.807, 2.05) is 18.5 Å². The van der Waals surface area contributed by atoms with Crippen LogP contribution in [0.4, 0.5) is 5.69 Å². The maximum absolute atomic E-state index is 9.88. The van der Waals surface area contributed by atoms with Crippen LogP contribution in [0.15, 0.2) is 48.9 Å². The molecule has 2 aromatic heterocycles. The fraction of sp³-hybridized carbons (Fsp3) is 0.440. The third kappa shape index (κ3) is 2.73. The van der Waals surface area contributed by atoms with Crippen molar-refractivity contribution in [3.8, 4) is 17.2 Å². The van der Waals surface area contributed by atoms with E-state index >= 15 is 0 Å². The van der Waals surface area contributed by atoms with Crippen LogP contribution in [0.1, 0.15) is 11.3 Å². The molecule has 0 bridgehead atoms. The second-order valence-corrected chi connectivity index (χ2v) is 9.65. The third-order valence-electron chi connectivity index (χ3n) is 8.11. The van der Waals surface area contributed by atoms with E-state index in [2.05, 4.69) is 50.9 Å². The summed E-state index contributed by atoms with van der Waals surface area (Å²) in [5.41, 5.74) is 5.12. The number of piperidine rings is 1. The van der Waals surface area contributed by atoms with Crippen molar-refractivity contribution >= 4 is 5.69 Å². The Morgan fingerprint density at radius 2 is 2.09 bits per heavy atom. The molecule has 34 heavy (non-hydrogen) atoms. The molecule has 3 aliphatic heterocycles. The highest BCUT2D eigenvalue weighted by atomic mass is 16.7. The van der Waals surface area contributed by atoms with E-state index in [4.69, 9.17) is 14.5 Å². The number of aromatic nitrogens is 4. The van der Waals surface area contributed by atoms with E-state index in [1.165, 1.54) is 5.56 Å². The molecular formula is C25H25N7O2. The van der Waals surface area contributed by atoms with Crippen LogP contribution in [0.25, 0.3) is 11.1 Å². The summed E-state index contributed by atoms with van der Waals surface area (Å²) in [5.74, 6) is 0.788. The molecule has 0 spiro atoms. The summed E-state index contributed by atoms with van der Waals surface area (Å²) >= 11 is 0. The fourth-order valence-corrected chi connectivity index (χ4v) is 6.37. The maximum atomic E-state index is 9.88. The van der Waals surface area contributed by atoms with Gasteiger partial charge in [-0.25, -0.2) is 4.68 Å². The fourth-order valence-electron chi connectivity index (χ4n) is 6.37. The summed E-state index contributed by atoms with van der Waals surface area (Å²) in [6.07, 6.45) is 5.87. The second kappa shape index (κ2) is 7.34. The van der Waals surface area contributed by atoms with Crippen LogP contribution in [-0.4, -0.2) is 58.7 Å². The predicted molar refractivity (Wildman–Crippen MR) is 122 cm³/mol. The zero-order valence-electron chi connectivity index (χ0n) is 18.8. The summed E-state index contributed by atoms with van der Waals surface area (Å²) in [4.78, 5) is 6.99. The normalized spacial score (nSPS) is 32.8. The van der Waals surface area contributed by atoms with Crippen molar-refractivity contribution in [3.63, 3.8) is 0 Å².